The van der Waals surface area contributed by atoms with Crippen LogP contribution in [0.2, 0.25) is 5.02 Å². The molecule has 0 spiro atoms. The summed E-state index contributed by atoms with van der Waals surface area (Å²) in [5.74, 6) is -0.241. The summed E-state index contributed by atoms with van der Waals surface area (Å²) in [7, 11) is -2.28. The first-order chi connectivity index (χ1) is 19.3. The second-order valence-electron chi connectivity index (χ2n) is 9.64. The van der Waals surface area contributed by atoms with E-state index in [1.807, 2.05) is 25.1 Å². The van der Waals surface area contributed by atoms with Gasteiger partial charge in [-0.3, -0.25) is 18.9 Å². The standard InChI is InChI=1S/C29H31ClN4O4S2.ClH/c1-21-9-14-25(30)27-26(21)31-29(39-27)34(16-6-15-33-17-19-38-20-18-33)28(35)22-10-12-24(13-11-22)40(36,37)32(2)23-7-4-3-5-8-23;/h3-5,7-14H,6,15-20H2,1-2H3;1H. The van der Waals surface area contributed by atoms with Crippen LogP contribution in [0.25, 0.3) is 10.2 Å². The molecule has 1 fully saturated rings. The van der Waals surface area contributed by atoms with Crippen molar-refractivity contribution in [1.29, 1.82) is 0 Å². The quantitative estimate of drug-likeness (QED) is 0.229. The van der Waals surface area contributed by atoms with E-state index in [1.165, 1.54) is 34.8 Å². The Morgan fingerprint density at radius 3 is 2.39 bits per heavy atom. The first-order valence-corrected chi connectivity index (χ1v) is 15.7. The van der Waals surface area contributed by atoms with Crippen molar-refractivity contribution < 1.29 is 17.9 Å². The highest BCUT2D eigenvalue weighted by Crippen LogP contribution is 2.36. The van der Waals surface area contributed by atoms with E-state index in [9.17, 15) is 13.2 Å². The highest BCUT2D eigenvalue weighted by atomic mass is 35.5. The number of aromatic nitrogens is 1. The van der Waals surface area contributed by atoms with Gasteiger partial charge in [-0.05, 0) is 61.4 Å². The van der Waals surface area contributed by atoms with E-state index >= 15 is 0 Å². The molecule has 12 heteroatoms. The lowest BCUT2D eigenvalue weighted by atomic mass is 10.2. The minimum Gasteiger partial charge on any atom is -0.379 e. The first-order valence-electron chi connectivity index (χ1n) is 13.1. The van der Waals surface area contributed by atoms with Crippen LogP contribution in [-0.4, -0.2) is 70.6 Å². The minimum absolute atomic E-state index is 0. The lowest BCUT2D eigenvalue weighted by molar-refractivity contribution is 0.0376. The number of nitrogens with zero attached hydrogens (tertiary/aromatic N) is 4. The van der Waals surface area contributed by atoms with Crippen molar-refractivity contribution in [1.82, 2.24) is 9.88 Å². The van der Waals surface area contributed by atoms with Gasteiger partial charge in [0.1, 0.15) is 0 Å². The van der Waals surface area contributed by atoms with Gasteiger partial charge in [0.25, 0.3) is 15.9 Å². The Kier molecular flexibility index (Phi) is 10.3. The molecule has 2 heterocycles. The Hall–Kier alpha value is -2.73. The molecular formula is C29H32Cl2N4O4S2. The smallest absolute Gasteiger partial charge is 0.264 e. The Labute approximate surface area is 256 Å². The van der Waals surface area contributed by atoms with Crippen LogP contribution in [0.15, 0.2) is 71.6 Å². The van der Waals surface area contributed by atoms with E-state index in [-0.39, 0.29) is 23.2 Å². The number of benzene rings is 3. The van der Waals surface area contributed by atoms with Crippen LogP contribution in [0, 0.1) is 6.92 Å². The van der Waals surface area contributed by atoms with Crippen LogP contribution in [0.4, 0.5) is 10.8 Å². The highest BCUT2D eigenvalue weighted by molar-refractivity contribution is 7.92. The molecule has 1 aliphatic heterocycles. The molecule has 0 bridgehead atoms. The summed E-state index contributed by atoms with van der Waals surface area (Å²) < 4.78 is 34.0. The fourth-order valence-corrected chi connectivity index (χ4v) is 7.16. The predicted octanol–water partition coefficient (Wildman–Crippen LogP) is 5.87. The molecule has 3 aromatic carbocycles. The van der Waals surface area contributed by atoms with Crippen molar-refractivity contribution in [2.45, 2.75) is 18.2 Å². The molecule has 0 radical (unpaired) electrons. The number of sulfonamides is 1. The third kappa shape index (κ3) is 6.85. The van der Waals surface area contributed by atoms with E-state index < -0.39 is 10.0 Å². The van der Waals surface area contributed by atoms with Crippen LogP contribution >= 0.6 is 35.3 Å². The van der Waals surface area contributed by atoms with Gasteiger partial charge in [-0.15, -0.1) is 12.4 Å². The zero-order valence-electron chi connectivity index (χ0n) is 22.8. The van der Waals surface area contributed by atoms with Gasteiger partial charge < -0.3 is 4.74 Å². The van der Waals surface area contributed by atoms with Gasteiger partial charge in [0.2, 0.25) is 0 Å². The van der Waals surface area contributed by atoms with Crippen LogP contribution in [0.1, 0.15) is 22.3 Å². The van der Waals surface area contributed by atoms with Crippen molar-refractivity contribution in [3.8, 4) is 0 Å². The van der Waals surface area contributed by atoms with E-state index in [1.54, 1.807) is 41.3 Å². The summed E-state index contributed by atoms with van der Waals surface area (Å²) in [5, 5.41) is 1.17. The monoisotopic (exact) mass is 634 g/mol. The number of anilines is 2. The summed E-state index contributed by atoms with van der Waals surface area (Å²) >= 11 is 7.86. The number of hydrogen-bond acceptors (Lipinski definition) is 7. The molecule has 1 saturated heterocycles. The van der Waals surface area contributed by atoms with Gasteiger partial charge in [-0.1, -0.05) is 47.2 Å². The fraction of sp³-hybridized carbons (Fsp3) is 0.310. The number of hydrogen-bond donors (Lipinski definition) is 0. The zero-order chi connectivity index (χ0) is 28.3. The topological polar surface area (TPSA) is 83.0 Å². The Bertz CT molecular complexity index is 1550. The van der Waals surface area contributed by atoms with Crippen molar-refractivity contribution in [3.05, 3.63) is 82.9 Å². The highest BCUT2D eigenvalue weighted by Gasteiger charge is 2.25. The number of fused-ring (bicyclic) bond motifs is 1. The fourth-order valence-electron chi connectivity index (χ4n) is 4.63. The molecule has 0 aliphatic carbocycles. The molecule has 1 amide bonds. The van der Waals surface area contributed by atoms with E-state index in [0.29, 0.717) is 41.2 Å². The number of halogens is 2. The maximum Gasteiger partial charge on any atom is 0.264 e. The second kappa shape index (κ2) is 13.5. The normalized spacial score (nSPS) is 14.0. The lowest BCUT2D eigenvalue weighted by Crippen LogP contribution is -2.39. The second-order valence-corrected chi connectivity index (χ2v) is 13.0. The molecule has 8 nitrogen and oxygen atoms in total. The summed E-state index contributed by atoms with van der Waals surface area (Å²) in [6.07, 6.45) is 0.753. The number of thiazole rings is 1. The lowest BCUT2D eigenvalue weighted by Gasteiger charge is -2.27. The molecule has 1 aliphatic rings. The van der Waals surface area contributed by atoms with Gasteiger partial charge in [0, 0.05) is 38.8 Å². The Balaban J connectivity index is 0.00000387. The number of amides is 1. The van der Waals surface area contributed by atoms with Crippen molar-refractivity contribution >= 4 is 72.3 Å². The van der Waals surface area contributed by atoms with E-state index in [0.717, 1.165) is 41.8 Å². The predicted molar refractivity (Wildman–Crippen MR) is 169 cm³/mol. The number of carbonyl (C=O) groups excluding carboxylic acids is 1. The average molecular weight is 636 g/mol. The summed E-state index contributed by atoms with van der Waals surface area (Å²) in [5.41, 5.74) is 2.71. The molecule has 0 N–H and O–H groups in total. The van der Waals surface area contributed by atoms with E-state index in [4.69, 9.17) is 21.3 Å². The third-order valence-corrected chi connectivity index (χ3v) is 10.3. The van der Waals surface area contributed by atoms with Gasteiger partial charge in [-0.2, -0.15) is 0 Å². The maximum atomic E-state index is 13.9. The summed E-state index contributed by atoms with van der Waals surface area (Å²) in [6, 6.07) is 18.7. The van der Waals surface area contributed by atoms with Crippen LogP contribution < -0.4 is 9.21 Å². The number of para-hydroxylation sites is 1. The molecule has 5 rings (SSSR count). The SMILES string of the molecule is Cc1ccc(Cl)c2sc(N(CCCN3CCOCC3)C(=O)c3ccc(S(=O)(=O)N(C)c4ccccc4)cc3)nc12.Cl. The molecule has 0 atom stereocenters. The number of morpholine rings is 1. The average Bonchev–Trinajstić information content (AvgIpc) is 3.44. The molecule has 0 unspecified atom stereocenters. The maximum absolute atomic E-state index is 13.9. The number of rotatable bonds is 9. The number of ether oxygens (including phenoxy) is 1. The molecular weight excluding hydrogens is 603 g/mol. The first kappa shape index (κ1) is 31.2. The molecule has 41 heavy (non-hydrogen) atoms. The molecule has 4 aromatic rings. The van der Waals surface area contributed by atoms with Crippen LogP contribution in [-0.2, 0) is 14.8 Å². The van der Waals surface area contributed by atoms with Crippen molar-refractivity contribution in [3.63, 3.8) is 0 Å². The Morgan fingerprint density at radius 2 is 1.73 bits per heavy atom. The van der Waals surface area contributed by atoms with Crippen LogP contribution in [0.5, 0.6) is 0 Å². The molecule has 1 aromatic heterocycles. The zero-order valence-corrected chi connectivity index (χ0v) is 26.0. The van der Waals surface area contributed by atoms with Gasteiger partial charge in [0.05, 0.1) is 39.0 Å². The van der Waals surface area contributed by atoms with Gasteiger partial charge in [-0.25, -0.2) is 13.4 Å². The largest absolute Gasteiger partial charge is 0.379 e. The molecule has 218 valence electrons. The molecule has 0 saturated carbocycles. The minimum atomic E-state index is -3.79. The van der Waals surface area contributed by atoms with Crippen molar-refractivity contribution in [2.24, 2.45) is 0 Å². The van der Waals surface area contributed by atoms with Crippen molar-refractivity contribution in [2.75, 3.05) is 55.6 Å². The Morgan fingerprint density at radius 1 is 1.05 bits per heavy atom. The van der Waals surface area contributed by atoms with E-state index in [2.05, 4.69) is 4.90 Å². The summed E-state index contributed by atoms with van der Waals surface area (Å²) in [6.45, 7) is 6.44. The van der Waals surface area contributed by atoms with Gasteiger partial charge in [0.15, 0.2) is 5.13 Å². The van der Waals surface area contributed by atoms with Gasteiger partial charge >= 0.3 is 0 Å². The summed E-state index contributed by atoms with van der Waals surface area (Å²) in [4.78, 5) is 22.8. The third-order valence-electron chi connectivity index (χ3n) is 7.00. The number of aryl methyl sites for hydroxylation is 1. The number of carbonyl (C=O) groups is 1. The van der Waals surface area contributed by atoms with Crippen LogP contribution in [0.3, 0.4) is 0 Å².